The highest BCUT2D eigenvalue weighted by atomic mass is 19.4. The largest absolute Gasteiger partial charge is 0.452 e. The maximum atomic E-state index is 12.6. The number of ether oxygens (including phenoxy) is 1. The van der Waals surface area contributed by atoms with E-state index in [-0.39, 0.29) is 5.56 Å². The van der Waals surface area contributed by atoms with Gasteiger partial charge in [-0.1, -0.05) is 30.3 Å². The van der Waals surface area contributed by atoms with Gasteiger partial charge in [0.25, 0.3) is 5.91 Å². The first-order valence-electron chi connectivity index (χ1n) is 7.93. The molecule has 0 aromatic heterocycles. The molecule has 2 aromatic rings. The molecule has 0 saturated carbocycles. The summed E-state index contributed by atoms with van der Waals surface area (Å²) in [7, 11) is 0. The average molecular weight is 365 g/mol. The number of nitrogens with one attached hydrogen (secondary N) is 1. The van der Waals surface area contributed by atoms with Gasteiger partial charge in [0.1, 0.15) is 0 Å². The fraction of sp³-hybridized carbons (Fsp3) is 0.263. The van der Waals surface area contributed by atoms with Crippen LogP contribution in [-0.2, 0) is 22.1 Å². The molecule has 0 saturated heterocycles. The van der Waals surface area contributed by atoms with Crippen LogP contribution in [0.2, 0.25) is 0 Å². The summed E-state index contributed by atoms with van der Waals surface area (Å²) >= 11 is 0. The average Bonchev–Trinajstić information content (AvgIpc) is 2.60. The van der Waals surface area contributed by atoms with E-state index < -0.39 is 30.2 Å². The number of alkyl halides is 3. The Labute approximate surface area is 149 Å². The quantitative estimate of drug-likeness (QED) is 0.797. The lowest BCUT2D eigenvalue weighted by Crippen LogP contribution is -2.30. The van der Waals surface area contributed by atoms with E-state index in [0.29, 0.717) is 19.0 Å². The van der Waals surface area contributed by atoms with Crippen molar-refractivity contribution in [1.29, 1.82) is 0 Å². The first-order valence-corrected chi connectivity index (χ1v) is 7.93. The number of aryl methyl sites for hydroxylation is 1. The minimum absolute atomic E-state index is 0.257. The number of rotatable bonds is 6. The lowest BCUT2D eigenvalue weighted by atomic mass is 10.1. The predicted octanol–water partition coefficient (Wildman–Crippen LogP) is 3.53. The second kappa shape index (κ2) is 8.51. The van der Waals surface area contributed by atoms with E-state index in [9.17, 15) is 22.8 Å². The Morgan fingerprint density at radius 2 is 1.81 bits per heavy atom. The summed E-state index contributed by atoms with van der Waals surface area (Å²) in [5.41, 5.74) is 0.994. The monoisotopic (exact) mass is 365 g/mol. The molecular formula is C19H18F3NO3. The molecule has 1 amide bonds. The predicted molar refractivity (Wildman–Crippen MR) is 89.6 cm³/mol. The van der Waals surface area contributed by atoms with Crippen molar-refractivity contribution < 1.29 is 27.5 Å². The Hall–Kier alpha value is -2.83. The van der Waals surface area contributed by atoms with Gasteiger partial charge >= 0.3 is 12.1 Å². The fourth-order valence-corrected chi connectivity index (χ4v) is 2.32. The minimum atomic E-state index is -4.55. The molecule has 0 aliphatic carbocycles. The maximum absolute atomic E-state index is 12.6. The molecule has 0 aliphatic heterocycles. The van der Waals surface area contributed by atoms with Crippen molar-refractivity contribution >= 4 is 11.9 Å². The number of hydrogen-bond donors (Lipinski definition) is 1. The van der Waals surface area contributed by atoms with Gasteiger partial charge in [0.2, 0.25) is 0 Å². The molecule has 4 nitrogen and oxygen atoms in total. The normalized spacial score (nSPS) is 11.1. The first-order chi connectivity index (χ1) is 12.3. The number of hydrogen-bond acceptors (Lipinski definition) is 3. The molecule has 1 N–H and O–H groups in total. The zero-order chi connectivity index (χ0) is 19.2. The lowest BCUT2D eigenvalue weighted by molar-refractivity contribution is -0.137. The van der Waals surface area contributed by atoms with Gasteiger partial charge in [-0.2, -0.15) is 13.2 Å². The van der Waals surface area contributed by atoms with Gasteiger partial charge in [0.05, 0.1) is 11.1 Å². The van der Waals surface area contributed by atoms with E-state index in [4.69, 9.17) is 4.74 Å². The summed E-state index contributed by atoms with van der Waals surface area (Å²) in [4.78, 5) is 23.5. The minimum Gasteiger partial charge on any atom is -0.452 e. The van der Waals surface area contributed by atoms with Crippen molar-refractivity contribution in [3.05, 3.63) is 70.8 Å². The van der Waals surface area contributed by atoms with E-state index in [1.165, 1.54) is 6.07 Å². The SMILES string of the molecule is Cc1ccccc1CCNC(=O)COC(=O)c1cccc(C(F)(F)F)c1. The van der Waals surface area contributed by atoms with Crippen LogP contribution in [0.25, 0.3) is 0 Å². The molecule has 0 bridgehead atoms. The van der Waals surface area contributed by atoms with Crippen LogP contribution >= 0.6 is 0 Å². The summed E-state index contributed by atoms with van der Waals surface area (Å²) in [5, 5.41) is 2.60. The molecule has 0 spiro atoms. The zero-order valence-electron chi connectivity index (χ0n) is 14.1. The third kappa shape index (κ3) is 5.61. The van der Waals surface area contributed by atoms with Crippen LogP contribution in [0, 0.1) is 6.92 Å². The van der Waals surface area contributed by atoms with E-state index in [1.54, 1.807) is 0 Å². The topological polar surface area (TPSA) is 55.4 Å². The maximum Gasteiger partial charge on any atom is 0.416 e. The van der Waals surface area contributed by atoms with Gasteiger partial charge < -0.3 is 10.1 Å². The Morgan fingerprint density at radius 3 is 2.50 bits per heavy atom. The first kappa shape index (κ1) is 19.5. The lowest BCUT2D eigenvalue weighted by Gasteiger charge is -2.10. The molecular weight excluding hydrogens is 347 g/mol. The van der Waals surface area contributed by atoms with Gasteiger partial charge in [-0.25, -0.2) is 4.79 Å². The van der Waals surface area contributed by atoms with Gasteiger partial charge in [0, 0.05) is 6.54 Å². The second-order valence-corrected chi connectivity index (χ2v) is 5.68. The molecule has 0 unspecified atom stereocenters. The van der Waals surface area contributed by atoms with Crippen molar-refractivity contribution in [3.8, 4) is 0 Å². The van der Waals surface area contributed by atoms with Gasteiger partial charge in [-0.15, -0.1) is 0 Å². The zero-order valence-corrected chi connectivity index (χ0v) is 14.1. The summed E-state index contributed by atoms with van der Waals surface area (Å²) < 4.78 is 42.7. The van der Waals surface area contributed by atoms with Crippen LogP contribution in [0.3, 0.4) is 0 Å². The third-order valence-corrected chi connectivity index (χ3v) is 3.74. The van der Waals surface area contributed by atoms with Crippen molar-refractivity contribution in [2.45, 2.75) is 19.5 Å². The Bertz CT molecular complexity index is 788. The van der Waals surface area contributed by atoms with Gasteiger partial charge in [-0.05, 0) is 42.7 Å². The molecule has 2 rings (SSSR count). The van der Waals surface area contributed by atoms with E-state index in [0.717, 1.165) is 23.3 Å². The van der Waals surface area contributed by atoms with E-state index >= 15 is 0 Å². The van der Waals surface area contributed by atoms with Crippen LogP contribution in [0.5, 0.6) is 0 Å². The van der Waals surface area contributed by atoms with Crippen molar-refractivity contribution in [2.75, 3.05) is 13.2 Å². The molecule has 0 fully saturated rings. The smallest absolute Gasteiger partial charge is 0.416 e. The standard InChI is InChI=1S/C19H18F3NO3/c1-13-5-2-3-6-14(13)9-10-23-17(24)12-26-18(25)15-7-4-8-16(11-15)19(20,21)22/h2-8,11H,9-10,12H2,1H3,(H,23,24). The van der Waals surface area contributed by atoms with Crippen molar-refractivity contribution in [2.24, 2.45) is 0 Å². The number of benzene rings is 2. The molecule has 138 valence electrons. The number of carbonyl (C=O) groups is 2. The Morgan fingerprint density at radius 1 is 1.08 bits per heavy atom. The second-order valence-electron chi connectivity index (χ2n) is 5.68. The van der Waals surface area contributed by atoms with Crippen LogP contribution in [0.1, 0.15) is 27.0 Å². The number of halogens is 3. The molecule has 7 heteroatoms. The molecule has 0 aliphatic rings. The highest BCUT2D eigenvalue weighted by Gasteiger charge is 2.31. The summed E-state index contributed by atoms with van der Waals surface area (Å²) in [5.74, 6) is -1.50. The van der Waals surface area contributed by atoms with Crippen LogP contribution in [0.15, 0.2) is 48.5 Å². The molecule has 0 heterocycles. The Balaban J connectivity index is 1.80. The highest BCUT2D eigenvalue weighted by Crippen LogP contribution is 2.29. The Kier molecular flexibility index (Phi) is 6.38. The third-order valence-electron chi connectivity index (χ3n) is 3.74. The fourth-order valence-electron chi connectivity index (χ4n) is 2.32. The van der Waals surface area contributed by atoms with Gasteiger partial charge in [0.15, 0.2) is 6.61 Å². The van der Waals surface area contributed by atoms with Crippen molar-refractivity contribution in [1.82, 2.24) is 5.32 Å². The summed E-state index contributed by atoms with van der Waals surface area (Å²) in [6.07, 6.45) is -3.93. The highest BCUT2D eigenvalue weighted by molar-refractivity contribution is 5.91. The molecule has 26 heavy (non-hydrogen) atoms. The van der Waals surface area contributed by atoms with E-state index in [2.05, 4.69) is 5.32 Å². The van der Waals surface area contributed by atoms with E-state index in [1.807, 2.05) is 31.2 Å². The van der Waals surface area contributed by atoms with Crippen molar-refractivity contribution in [3.63, 3.8) is 0 Å². The number of amides is 1. The molecule has 0 radical (unpaired) electrons. The van der Waals surface area contributed by atoms with Crippen LogP contribution in [0.4, 0.5) is 13.2 Å². The number of carbonyl (C=O) groups excluding carboxylic acids is 2. The molecule has 0 atom stereocenters. The van der Waals surface area contributed by atoms with Crippen LogP contribution in [-0.4, -0.2) is 25.0 Å². The summed E-state index contributed by atoms with van der Waals surface area (Å²) in [6.45, 7) is 1.78. The number of esters is 1. The van der Waals surface area contributed by atoms with Gasteiger partial charge in [-0.3, -0.25) is 4.79 Å². The molecule has 2 aromatic carbocycles. The summed E-state index contributed by atoms with van der Waals surface area (Å²) in [6, 6.07) is 11.6. The van der Waals surface area contributed by atoms with Crippen LogP contribution < -0.4 is 5.32 Å².